The number of amides is 1. The van der Waals surface area contributed by atoms with Gasteiger partial charge in [-0.15, -0.1) is 0 Å². The lowest BCUT2D eigenvalue weighted by atomic mass is 9.85. The molecule has 92 valence electrons. The van der Waals surface area contributed by atoms with Gasteiger partial charge >= 0.3 is 0 Å². The summed E-state index contributed by atoms with van der Waals surface area (Å²) in [6.07, 6.45) is 5.26. The number of hydrogen-bond acceptors (Lipinski definition) is 2. The van der Waals surface area contributed by atoms with Gasteiger partial charge in [-0.05, 0) is 31.6 Å². The van der Waals surface area contributed by atoms with E-state index >= 15 is 0 Å². The molecule has 2 aliphatic rings. The molecule has 0 bridgehead atoms. The van der Waals surface area contributed by atoms with Crippen LogP contribution in [0.3, 0.4) is 0 Å². The molecule has 1 saturated carbocycles. The maximum Gasteiger partial charge on any atom is 0.241 e. The van der Waals surface area contributed by atoms with Gasteiger partial charge < -0.3 is 4.90 Å². The Kier molecular flexibility index (Phi) is 3.53. The average Bonchev–Trinajstić information content (AvgIpc) is 2.48. The summed E-state index contributed by atoms with van der Waals surface area (Å²) in [7, 11) is 0. The van der Waals surface area contributed by atoms with Crippen LogP contribution in [0.1, 0.15) is 46.5 Å². The highest BCUT2D eigenvalue weighted by Crippen LogP contribution is 2.29. The van der Waals surface area contributed by atoms with Crippen molar-refractivity contribution in [3.05, 3.63) is 0 Å². The van der Waals surface area contributed by atoms with E-state index in [-0.39, 0.29) is 12.2 Å². The standard InChI is InChI=1S/C13H24N2O/c1-4-9(2)12-13(16)15(10(3)14-12)8-11-6-5-7-11/h9-12,14H,4-8H2,1-3H3. The highest BCUT2D eigenvalue weighted by Gasteiger charge is 2.40. The van der Waals surface area contributed by atoms with Crippen molar-refractivity contribution in [2.75, 3.05) is 6.54 Å². The number of hydrogen-bond donors (Lipinski definition) is 1. The van der Waals surface area contributed by atoms with Gasteiger partial charge in [0.2, 0.25) is 5.91 Å². The van der Waals surface area contributed by atoms with Gasteiger partial charge in [0, 0.05) is 6.54 Å². The summed E-state index contributed by atoms with van der Waals surface area (Å²) >= 11 is 0. The Hall–Kier alpha value is -0.570. The largest absolute Gasteiger partial charge is 0.326 e. The second-order valence-electron chi connectivity index (χ2n) is 5.49. The molecule has 1 saturated heterocycles. The van der Waals surface area contributed by atoms with Gasteiger partial charge in [0.05, 0.1) is 12.2 Å². The van der Waals surface area contributed by atoms with Crippen LogP contribution in [0.15, 0.2) is 0 Å². The van der Waals surface area contributed by atoms with Crippen molar-refractivity contribution in [1.29, 1.82) is 0 Å². The van der Waals surface area contributed by atoms with Crippen LogP contribution in [0.4, 0.5) is 0 Å². The first-order valence-corrected chi connectivity index (χ1v) is 6.70. The fourth-order valence-electron chi connectivity index (χ4n) is 2.64. The number of nitrogens with zero attached hydrogens (tertiary/aromatic N) is 1. The predicted molar refractivity (Wildman–Crippen MR) is 64.9 cm³/mol. The van der Waals surface area contributed by atoms with Gasteiger partial charge in [-0.1, -0.05) is 26.7 Å². The van der Waals surface area contributed by atoms with Crippen LogP contribution in [-0.4, -0.2) is 29.6 Å². The molecule has 3 nitrogen and oxygen atoms in total. The first-order chi connectivity index (χ1) is 7.63. The first-order valence-electron chi connectivity index (χ1n) is 6.70. The number of rotatable bonds is 4. The quantitative estimate of drug-likeness (QED) is 0.792. The summed E-state index contributed by atoms with van der Waals surface area (Å²) in [5, 5.41) is 3.43. The zero-order chi connectivity index (χ0) is 11.7. The first kappa shape index (κ1) is 11.9. The minimum Gasteiger partial charge on any atom is -0.326 e. The molecule has 3 unspecified atom stereocenters. The summed E-state index contributed by atoms with van der Waals surface area (Å²) in [5.41, 5.74) is 0. The van der Waals surface area contributed by atoms with Crippen molar-refractivity contribution in [3.8, 4) is 0 Å². The predicted octanol–water partition coefficient (Wildman–Crippen LogP) is 1.98. The van der Waals surface area contributed by atoms with Crippen molar-refractivity contribution in [2.45, 2.75) is 58.7 Å². The molecule has 1 amide bonds. The minimum atomic E-state index is 0.0556. The Morgan fingerprint density at radius 2 is 2.19 bits per heavy atom. The molecule has 1 N–H and O–H groups in total. The molecule has 3 heteroatoms. The van der Waals surface area contributed by atoms with Crippen LogP contribution in [0.25, 0.3) is 0 Å². The van der Waals surface area contributed by atoms with E-state index in [9.17, 15) is 4.79 Å². The molecule has 2 rings (SSSR count). The molecule has 1 heterocycles. The number of carbonyl (C=O) groups excluding carboxylic acids is 1. The van der Waals surface area contributed by atoms with E-state index < -0.39 is 0 Å². The fourth-order valence-corrected chi connectivity index (χ4v) is 2.64. The molecule has 16 heavy (non-hydrogen) atoms. The minimum absolute atomic E-state index is 0.0556. The van der Waals surface area contributed by atoms with Crippen molar-refractivity contribution in [3.63, 3.8) is 0 Å². The molecule has 0 aromatic rings. The summed E-state index contributed by atoms with van der Waals surface area (Å²) in [6.45, 7) is 7.40. The van der Waals surface area contributed by atoms with E-state index in [1.54, 1.807) is 0 Å². The SMILES string of the molecule is CCC(C)C1NC(C)N(CC2CCC2)C1=O. The Bertz CT molecular complexity index is 263. The van der Waals surface area contributed by atoms with Gasteiger partial charge in [0.15, 0.2) is 0 Å². The van der Waals surface area contributed by atoms with E-state index in [2.05, 4.69) is 31.0 Å². The number of nitrogens with one attached hydrogen (secondary N) is 1. The summed E-state index contributed by atoms with van der Waals surface area (Å²) in [5.74, 6) is 1.54. The molecule has 0 spiro atoms. The third-order valence-electron chi connectivity index (χ3n) is 4.33. The lowest BCUT2D eigenvalue weighted by molar-refractivity contribution is -0.131. The van der Waals surface area contributed by atoms with Crippen LogP contribution in [0.2, 0.25) is 0 Å². The van der Waals surface area contributed by atoms with Crippen molar-refractivity contribution < 1.29 is 4.79 Å². The highest BCUT2D eigenvalue weighted by atomic mass is 16.2. The molecule has 0 radical (unpaired) electrons. The Balaban J connectivity index is 1.95. The van der Waals surface area contributed by atoms with E-state index in [1.807, 2.05) is 0 Å². The second kappa shape index (κ2) is 4.74. The highest BCUT2D eigenvalue weighted by molar-refractivity contribution is 5.84. The van der Waals surface area contributed by atoms with Crippen molar-refractivity contribution in [2.24, 2.45) is 11.8 Å². The fraction of sp³-hybridized carbons (Fsp3) is 0.923. The van der Waals surface area contributed by atoms with Crippen molar-refractivity contribution in [1.82, 2.24) is 10.2 Å². The second-order valence-corrected chi connectivity index (χ2v) is 5.49. The molecule has 2 fully saturated rings. The Labute approximate surface area is 98.6 Å². The smallest absolute Gasteiger partial charge is 0.241 e. The summed E-state index contributed by atoms with van der Waals surface area (Å²) < 4.78 is 0. The lowest BCUT2D eigenvalue weighted by Gasteiger charge is -2.32. The third-order valence-corrected chi connectivity index (χ3v) is 4.33. The van der Waals surface area contributed by atoms with Crippen LogP contribution in [0.5, 0.6) is 0 Å². The molecular weight excluding hydrogens is 200 g/mol. The Morgan fingerprint density at radius 3 is 2.69 bits per heavy atom. The van der Waals surface area contributed by atoms with Gasteiger partial charge in [-0.3, -0.25) is 10.1 Å². The van der Waals surface area contributed by atoms with E-state index in [0.29, 0.717) is 11.8 Å². The van der Waals surface area contributed by atoms with Crippen LogP contribution in [0, 0.1) is 11.8 Å². The molecule has 1 aliphatic carbocycles. The van der Waals surface area contributed by atoms with E-state index in [4.69, 9.17) is 0 Å². The van der Waals surface area contributed by atoms with Gasteiger partial charge in [-0.2, -0.15) is 0 Å². The average molecular weight is 224 g/mol. The van der Waals surface area contributed by atoms with Gasteiger partial charge in [0.1, 0.15) is 0 Å². The van der Waals surface area contributed by atoms with Crippen molar-refractivity contribution >= 4 is 5.91 Å². The Morgan fingerprint density at radius 1 is 1.50 bits per heavy atom. The molecule has 0 aromatic carbocycles. The summed E-state index contributed by atoms with van der Waals surface area (Å²) in [6, 6.07) is 0.0556. The monoisotopic (exact) mass is 224 g/mol. The van der Waals surface area contributed by atoms with E-state index in [1.165, 1.54) is 19.3 Å². The van der Waals surface area contributed by atoms with Gasteiger partial charge in [-0.25, -0.2) is 0 Å². The maximum absolute atomic E-state index is 12.3. The topological polar surface area (TPSA) is 32.3 Å². The summed E-state index contributed by atoms with van der Waals surface area (Å²) in [4.78, 5) is 14.3. The zero-order valence-electron chi connectivity index (χ0n) is 10.7. The van der Waals surface area contributed by atoms with Crippen LogP contribution >= 0.6 is 0 Å². The van der Waals surface area contributed by atoms with Crippen LogP contribution in [-0.2, 0) is 4.79 Å². The van der Waals surface area contributed by atoms with Gasteiger partial charge in [0.25, 0.3) is 0 Å². The molecule has 0 aromatic heterocycles. The zero-order valence-corrected chi connectivity index (χ0v) is 10.7. The lowest BCUT2D eigenvalue weighted by Crippen LogP contribution is -2.40. The van der Waals surface area contributed by atoms with E-state index in [0.717, 1.165) is 18.9 Å². The normalized spacial score (nSPS) is 32.9. The third kappa shape index (κ3) is 2.10. The maximum atomic E-state index is 12.3. The molecule has 1 aliphatic heterocycles. The van der Waals surface area contributed by atoms with Crippen LogP contribution < -0.4 is 5.32 Å². The molecular formula is C13H24N2O. The molecule has 3 atom stereocenters. The number of carbonyl (C=O) groups is 1.